The lowest BCUT2D eigenvalue weighted by Crippen LogP contribution is -2.36. The maximum Gasteiger partial charge on any atom is 0.0109 e. The first-order valence-electron chi connectivity index (χ1n) is 4.86. The Bertz CT molecular complexity index is 151. The first kappa shape index (κ1) is 9.75. The maximum absolute atomic E-state index is 5.46. The molecule has 0 atom stereocenters. The molecule has 1 saturated heterocycles. The SMILES string of the molecule is CC(C)N1CCC(=CCN)CC1. The first-order valence-corrected chi connectivity index (χ1v) is 4.86. The zero-order valence-electron chi connectivity index (χ0n) is 8.21. The van der Waals surface area contributed by atoms with Crippen molar-refractivity contribution in [2.45, 2.75) is 32.7 Å². The van der Waals surface area contributed by atoms with E-state index < -0.39 is 0 Å². The van der Waals surface area contributed by atoms with E-state index in [1.807, 2.05) is 0 Å². The predicted molar refractivity (Wildman–Crippen MR) is 53.1 cm³/mol. The lowest BCUT2D eigenvalue weighted by Gasteiger charge is -2.31. The molecule has 1 fully saturated rings. The van der Waals surface area contributed by atoms with Gasteiger partial charge in [0.15, 0.2) is 0 Å². The Kier molecular flexibility index (Phi) is 3.76. The third-order valence-electron chi connectivity index (χ3n) is 2.58. The van der Waals surface area contributed by atoms with Crippen LogP contribution in [0.1, 0.15) is 26.7 Å². The number of nitrogens with zero attached hydrogens (tertiary/aromatic N) is 1. The van der Waals surface area contributed by atoms with Crippen molar-refractivity contribution >= 4 is 0 Å². The van der Waals surface area contributed by atoms with Gasteiger partial charge in [0.2, 0.25) is 0 Å². The van der Waals surface area contributed by atoms with Crippen molar-refractivity contribution in [2.24, 2.45) is 5.73 Å². The summed E-state index contributed by atoms with van der Waals surface area (Å²) in [5, 5.41) is 0. The molecule has 0 aromatic rings. The third kappa shape index (κ3) is 2.61. The second-order valence-electron chi connectivity index (χ2n) is 3.73. The average Bonchev–Trinajstić information content (AvgIpc) is 2.06. The van der Waals surface area contributed by atoms with Gasteiger partial charge >= 0.3 is 0 Å². The van der Waals surface area contributed by atoms with E-state index in [0.29, 0.717) is 12.6 Å². The van der Waals surface area contributed by atoms with Crippen molar-refractivity contribution in [3.63, 3.8) is 0 Å². The summed E-state index contributed by atoms with van der Waals surface area (Å²) in [6, 6.07) is 0.699. The third-order valence-corrected chi connectivity index (χ3v) is 2.58. The number of hydrogen-bond acceptors (Lipinski definition) is 2. The maximum atomic E-state index is 5.46. The molecule has 0 aromatic carbocycles. The molecule has 2 nitrogen and oxygen atoms in total. The van der Waals surface area contributed by atoms with Gasteiger partial charge in [0.05, 0.1) is 0 Å². The number of hydrogen-bond donors (Lipinski definition) is 1. The van der Waals surface area contributed by atoms with Crippen LogP contribution in [0.3, 0.4) is 0 Å². The van der Waals surface area contributed by atoms with E-state index in [1.54, 1.807) is 5.57 Å². The zero-order valence-corrected chi connectivity index (χ0v) is 8.21. The lowest BCUT2D eigenvalue weighted by atomic mass is 10.0. The quantitative estimate of drug-likeness (QED) is 0.631. The fraction of sp³-hybridized carbons (Fsp3) is 0.800. The molecule has 1 aliphatic heterocycles. The van der Waals surface area contributed by atoms with Gasteiger partial charge in [-0.2, -0.15) is 0 Å². The van der Waals surface area contributed by atoms with Crippen LogP contribution in [0.4, 0.5) is 0 Å². The lowest BCUT2D eigenvalue weighted by molar-refractivity contribution is 0.207. The Morgan fingerprint density at radius 2 is 2.00 bits per heavy atom. The van der Waals surface area contributed by atoms with Gasteiger partial charge in [-0.25, -0.2) is 0 Å². The number of piperidine rings is 1. The second kappa shape index (κ2) is 4.63. The molecule has 70 valence electrons. The fourth-order valence-electron chi connectivity index (χ4n) is 1.70. The van der Waals surface area contributed by atoms with E-state index in [1.165, 1.54) is 25.9 Å². The standard InChI is InChI=1S/C10H20N2/c1-9(2)12-7-4-10(3-6-11)5-8-12/h3,9H,4-8,11H2,1-2H3. The van der Waals surface area contributed by atoms with Crippen LogP contribution in [0.15, 0.2) is 11.6 Å². The van der Waals surface area contributed by atoms with Gasteiger partial charge in [0, 0.05) is 25.7 Å². The molecule has 2 heteroatoms. The molecule has 0 unspecified atom stereocenters. The summed E-state index contributed by atoms with van der Waals surface area (Å²) in [6.07, 6.45) is 4.61. The van der Waals surface area contributed by atoms with Gasteiger partial charge in [0.1, 0.15) is 0 Å². The smallest absolute Gasteiger partial charge is 0.0109 e. The molecule has 0 aliphatic carbocycles. The molecular formula is C10H20N2. The van der Waals surface area contributed by atoms with Crippen molar-refractivity contribution in [3.8, 4) is 0 Å². The van der Waals surface area contributed by atoms with E-state index in [9.17, 15) is 0 Å². The van der Waals surface area contributed by atoms with Gasteiger partial charge in [-0.15, -0.1) is 0 Å². The second-order valence-corrected chi connectivity index (χ2v) is 3.73. The molecule has 0 spiro atoms. The summed E-state index contributed by atoms with van der Waals surface area (Å²) in [4.78, 5) is 2.52. The minimum atomic E-state index is 0.699. The van der Waals surface area contributed by atoms with Crippen LogP contribution in [-0.2, 0) is 0 Å². The summed E-state index contributed by atoms with van der Waals surface area (Å²) in [5.41, 5.74) is 7.01. The molecule has 0 saturated carbocycles. The fourth-order valence-corrected chi connectivity index (χ4v) is 1.70. The summed E-state index contributed by atoms with van der Waals surface area (Å²) in [7, 11) is 0. The van der Waals surface area contributed by atoms with Gasteiger partial charge in [-0.05, 0) is 26.7 Å². The van der Waals surface area contributed by atoms with E-state index in [2.05, 4.69) is 24.8 Å². The van der Waals surface area contributed by atoms with Crippen molar-refractivity contribution in [3.05, 3.63) is 11.6 Å². The molecular weight excluding hydrogens is 148 g/mol. The molecule has 0 radical (unpaired) electrons. The zero-order chi connectivity index (χ0) is 8.97. The van der Waals surface area contributed by atoms with Gasteiger partial charge in [0.25, 0.3) is 0 Å². The van der Waals surface area contributed by atoms with E-state index in [-0.39, 0.29) is 0 Å². The molecule has 1 heterocycles. The van der Waals surface area contributed by atoms with Crippen LogP contribution in [0.2, 0.25) is 0 Å². The van der Waals surface area contributed by atoms with Crippen LogP contribution in [0.5, 0.6) is 0 Å². The van der Waals surface area contributed by atoms with Crippen LogP contribution >= 0.6 is 0 Å². The largest absolute Gasteiger partial charge is 0.327 e. The number of nitrogens with two attached hydrogens (primary N) is 1. The van der Waals surface area contributed by atoms with Crippen molar-refractivity contribution in [2.75, 3.05) is 19.6 Å². The van der Waals surface area contributed by atoms with Gasteiger partial charge in [-0.1, -0.05) is 11.6 Å². The van der Waals surface area contributed by atoms with E-state index in [0.717, 1.165) is 0 Å². The summed E-state index contributed by atoms with van der Waals surface area (Å²) in [6.45, 7) is 7.65. The van der Waals surface area contributed by atoms with Crippen molar-refractivity contribution in [1.29, 1.82) is 0 Å². The average molecular weight is 168 g/mol. The Morgan fingerprint density at radius 1 is 1.42 bits per heavy atom. The molecule has 1 rings (SSSR count). The van der Waals surface area contributed by atoms with Gasteiger partial charge < -0.3 is 10.6 Å². The Balaban J connectivity index is 2.34. The minimum Gasteiger partial charge on any atom is -0.327 e. The highest BCUT2D eigenvalue weighted by Gasteiger charge is 2.15. The van der Waals surface area contributed by atoms with Crippen molar-refractivity contribution < 1.29 is 0 Å². The topological polar surface area (TPSA) is 29.3 Å². The summed E-state index contributed by atoms with van der Waals surface area (Å²) >= 11 is 0. The Morgan fingerprint density at radius 3 is 2.42 bits per heavy atom. The highest BCUT2D eigenvalue weighted by molar-refractivity contribution is 5.06. The Labute approximate surface area is 75.4 Å². The van der Waals surface area contributed by atoms with Crippen LogP contribution in [0, 0.1) is 0 Å². The Hall–Kier alpha value is -0.340. The molecule has 1 aliphatic rings. The molecule has 2 N–H and O–H groups in total. The summed E-state index contributed by atoms with van der Waals surface area (Å²) in [5.74, 6) is 0. The summed E-state index contributed by atoms with van der Waals surface area (Å²) < 4.78 is 0. The number of likely N-dealkylation sites (tertiary alicyclic amines) is 1. The highest BCUT2D eigenvalue weighted by atomic mass is 15.1. The highest BCUT2D eigenvalue weighted by Crippen LogP contribution is 2.17. The normalized spacial score (nSPS) is 20.2. The minimum absolute atomic E-state index is 0.699. The molecule has 0 bridgehead atoms. The predicted octanol–water partition coefficient (Wildman–Crippen LogP) is 1.38. The molecule has 0 aromatic heterocycles. The van der Waals surface area contributed by atoms with E-state index in [4.69, 9.17) is 5.73 Å². The molecule has 0 amide bonds. The van der Waals surface area contributed by atoms with Crippen molar-refractivity contribution in [1.82, 2.24) is 4.90 Å². The monoisotopic (exact) mass is 168 g/mol. The molecule has 12 heavy (non-hydrogen) atoms. The van der Waals surface area contributed by atoms with Crippen LogP contribution in [-0.4, -0.2) is 30.6 Å². The number of rotatable bonds is 2. The van der Waals surface area contributed by atoms with Crippen LogP contribution in [0.25, 0.3) is 0 Å². The first-order chi connectivity index (χ1) is 5.74. The van der Waals surface area contributed by atoms with Gasteiger partial charge in [-0.3, -0.25) is 0 Å². The van der Waals surface area contributed by atoms with Crippen LogP contribution < -0.4 is 5.73 Å². The van der Waals surface area contributed by atoms with E-state index >= 15 is 0 Å².